The van der Waals surface area contributed by atoms with Crippen molar-refractivity contribution in [2.24, 2.45) is 5.92 Å². The molecule has 108 valence electrons. The summed E-state index contributed by atoms with van der Waals surface area (Å²) in [7, 11) is 0. The molecule has 1 aliphatic carbocycles. The summed E-state index contributed by atoms with van der Waals surface area (Å²) < 4.78 is 5.40. The highest BCUT2D eigenvalue weighted by molar-refractivity contribution is 5.33. The monoisotopic (exact) mass is 274 g/mol. The van der Waals surface area contributed by atoms with Crippen LogP contribution in [0.15, 0.2) is 24.3 Å². The molecule has 4 heteroatoms. The van der Waals surface area contributed by atoms with E-state index in [1.54, 1.807) is 0 Å². The maximum absolute atomic E-state index is 9.66. The third-order valence-corrected chi connectivity index (χ3v) is 3.77. The lowest BCUT2D eigenvalue weighted by molar-refractivity contribution is 0.101. The van der Waals surface area contributed by atoms with Crippen LogP contribution >= 0.6 is 0 Å². The van der Waals surface area contributed by atoms with Crippen LogP contribution in [0.1, 0.15) is 31.2 Å². The van der Waals surface area contributed by atoms with Crippen molar-refractivity contribution in [3.05, 3.63) is 29.8 Å². The molecule has 0 amide bonds. The first kappa shape index (κ1) is 14.8. The normalized spacial score (nSPS) is 22.2. The van der Waals surface area contributed by atoms with Gasteiger partial charge in [0.15, 0.2) is 6.61 Å². The van der Waals surface area contributed by atoms with E-state index in [0.717, 1.165) is 43.7 Å². The molecule has 1 saturated carbocycles. The molecule has 0 aromatic heterocycles. The van der Waals surface area contributed by atoms with Crippen LogP contribution in [-0.2, 0) is 6.54 Å². The fraction of sp³-hybridized carbons (Fsp3) is 0.562. The lowest BCUT2D eigenvalue weighted by Gasteiger charge is -2.26. The smallest absolute Gasteiger partial charge is 0.174 e. The van der Waals surface area contributed by atoms with E-state index in [2.05, 4.69) is 5.32 Å². The molecule has 0 saturated heterocycles. The summed E-state index contributed by atoms with van der Waals surface area (Å²) in [6.45, 7) is 1.73. The van der Waals surface area contributed by atoms with E-state index >= 15 is 0 Å². The van der Waals surface area contributed by atoms with Crippen LogP contribution in [0.3, 0.4) is 0 Å². The van der Waals surface area contributed by atoms with E-state index in [9.17, 15) is 5.11 Å². The second-order valence-electron chi connectivity index (χ2n) is 5.37. The third-order valence-electron chi connectivity index (χ3n) is 3.77. The van der Waals surface area contributed by atoms with Crippen molar-refractivity contribution < 1.29 is 9.84 Å². The molecule has 0 aliphatic heterocycles. The first-order chi connectivity index (χ1) is 9.79. The Morgan fingerprint density at radius 3 is 3.00 bits per heavy atom. The number of para-hydroxylation sites is 1. The van der Waals surface area contributed by atoms with Crippen LogP contribution < -0.4 is 10.1 Å². The molecular formula is C16H22N2O2. The average molecular weight is 274 g/mol. The van der Waals surface area contributed by atoms with Gasteiger partial charge in [0.25, 0.3) is 0 Å². The van der Waals surface area contributed by atoms with Crippen LogP contribution in [0.5, 0.6) is 5.75 Å². The zero-order valence-corrected chi connectivity index (χ0v) is 11.7. The Balaban J connectivity index is 1.80. The van der Waals surface area contributed by atoms with E-state index in [4.69, 9.17) is 10.00 Å². The summed E-state index contributed by atoms with van der Waals surface area (Å²) in [6, 6.07) is 9.77. The largest absolute Gasteiger partial charge is 0.478 e. The number of rotatable bonds is 6. The van der Waals surface area contributed by atoms with Crippen LogP contribution in [0.2, 0.25) is 0 Å². The van der Waals surface area contributed by atoms with Gasteiger partial charge in [-0.1, -0.05) is 24.6 Å². The minimum absolute atomic E-state index is 0.0752. The molecule has 0 radical (unpaired) electrons. The number of ether oxygens (including phenoxy) is 1. The van der Waals surface area contributed by atoms with Crippen molar-refractivity contribution in [1.29, 1.82) is 5.26 Å². The first-order valence-corrected chi connectivity index (χ1v) is 7.26. The van der Waals surface area contributed by atoms with E-state index in [1.807, 2.05) is 30.3 Å². The Bertz CT molecular complexity index is 456. The highest BCUT2D eigenvalue weighted by atomic mass is 16.5. The number of nitrogens with one attached hydrogen (secondary N) is 1. The number of hydrogen-bond acceptors (Lipinski definition) is 4. The molecular weight excluding hydrogens is 252 g/mol. The van der Waals surface area contributed by atoms with E-state index < -0.39 is 0 Å². The number of aliphatic hydroxyl groups excluding tert-OH is 1. The van der Waals surface area contributed by atoms with Crippen LogP contribution in [0.25, 0.3) is 0 Å². The molecule has 2 rings (SSSR count). The fourth-order valence-corrected chi connectivity index (χ4v) is 2.76. The molecule has 1 fully saturated rings. The van der Waals surface area contributed by atoms with Gasteiger partial charge in [-0.15, -0.1) is 0 Å². The van der Waals surface area contributed by atoms with Gasteiger partial charge in [0.1, 0.15) is 11.8 Å². The molecule has 1 aromatic rings. The van der Waals surface area contributed by atoms with Gasteiger partial charge in [-0.05, 0) is 37.8 Å². The minimum atomic E-state index is -0.123. The van der Waals surface area contributed by atoms with Crippen LogP contribution in [0, 0.1) is 17.2 Å². The zero-order valence-electron chi connectivity index (χ0n) is 11.7. The third kappa shape index (κ3) is 4.52. The number of benzene rings is 1. The predicted molar refractivity (Wildman–Crippen MR) is 77.2 cm³/mol. The zero-order chi connectivity index (χ0) is 14.2. The van der Waals surface area contributed by atoms with E-state index in [0.29, 0.717) is 5.92 Å². The van der Waals surface area contributed by atoms with Crippen molar-refractivity contribution in [3.63, 3.8) is 0 Å². The summed E-state index contributed by atoms with van der Waals surface area (Å²) in [5.41, 5.74) is 1.07. The fourth-order valence-electron chi connectivity index (χ4n) is 2.76. The van der Waals surface area contributed by atoms with Gasteiger partial charge >= 0.3 is 0 Å². The number of nitrogens with zero attached hydrogens (tertiary/aromatic N) is 1. The quantitative estimate of drug-likeness (QED) is 0.835. The van der Waals surface area contributed by atoms with Crippen LogP contribution in [0.4, 0.5) is 0 Å². The molecule has 2 atom stereocenters. The van der Waals surface area contributed by atoms with Crippen LogP contribution in [-0.4, -0.2) is 24.4 Å². The number of nitriles is 1. The Hall–Kier alpha value is -1.57. The molecule has 0 heterocycles. The molecule has 0 bridgehead atoms. The Kier molecular flexibility index (Phi) is 5.85. The topological polar surface area (TPSA) is 65.3 Å². The van der Waals surface area contributed by atoms with Gasteiger partial charge < -0.3 is 15.2 Å². The highest BCUT2D eigenvalue weighted by Crippen LogP contribution is 2.24. The number of hydrogen-bond donors (Lipinski definition) is 2. The van der Waals surface area contributed by atoms with Gasteiger partial charge in [0, 0.05) is 12.1 Å². The van der Waals surface area contributed by atoms with E-state index in [1.165, 1.54) is 6.42 Å². The highest BCUT2D eigenvalue weighted by Gasteiger charge is 2.19. The maximum atomic E-state index is 9.66. The molecule has 20 heavy (non-hydrogen) atoms. The Morgan fingerprint density at radius 2 is 2.20 bits per heavy atom. The molecule has 1 aromatic carbocycles. The second kappa shape index (κ2) is 7.88. The van der Waals surface area contributed by atoms with Crippen molar-refractivity contribution in [2.45, 2.75) is 38.3 Å². The SMILES string of the molecule is N#CCOc1ccccc1CNCC1CCCC(O)C1. The average Bonchev–Trinajstić information content (AvgIpc) is 2.46. The Morgan fingerprint density at radius 1 is 1.35 bits per heavy atom. The Labute approximate surface area is 120 Å². The molecule has 0 spiro atoms. The summed E-state index contributed by atoms with van der Waals surface area (Å²) in [4.78, 5) is 0. The standard InChI is InChI=1S/C16H22N2O2/c17-8-9-20-16-7-2-1-5-14(16)12-18-11-13-4-3-6-15(19)10-13/h1-2,5,7,13,15,18-19H,3-4,6,9-12H2. The van der Waals surface area contributed by atoms with Gasteiger partial charge in [-0.2, -0.15) is 5.26 Å². The minimum Gasteiger partial charge on any atom is -0.478 e. The summed E-state index contributed by atoms with van der Waals surface area (Å²) >= 11 is 0. The van der Waals surface area contributed by atoms with Gasteiger partial charge in [0.05, 0.1) is 6.10 Å². The molecule has 2 N–H and O–H groups in total. The van der Waals surface area contributed by atoms with Gasteiger partial charge in [0.2, 0.25) is 0 Å². The molecule has 2 unspecified atom stereocenters. The summed E-state index contributed by atoms with van der Waals surface area (Å²) in [5.74, 6) is 1.33. The lowest BCUT2D eigenvalue weighted by atomic mass is 9.87. The van der Waals surface area contributed by atoms with E-state index in [-0.39, 0.29) is 12.7 Å². The summed E-state index contributed by atoms with van der Waals surface area (Å²) in [6.07, 6.45) is 4.04. The summed E-state index contributed by atoms with van der Waals surface area (Å²) in [5, 5.41) is 21.7. The molecule has 4 nitrogen and oxygen atoms in total. The van der Waals surface area contributed by atoms with Crippen molar-refractivity contribution in [2.75, 3.05) is 13.2 Å². The van der Waals surface area contributed by atoms with Gasteiger partial charge in [-0.25, -0.2) is 0 Å². The number of aliphatic hydroxyl groups is 1. The van der Waals surface area contributed by atoms with Gasteiger partial charge in [-0.3, -0.25) is 0 Å². The lowest BCUT2D eigenvalue weighted by Crippen LogP contribution is -2.29. The second-order valence-corrected chi connectivity index (χ2v) is 5.37. The van der Waals surface area contributed by atoms with Crippen molar-refractivity contribution in [3.8, 4) is 11.8 Å². The van der Waals surface area contributed by atoms with Crippen molar-refractivity contribution in [1.82, 2.24) is 5.32 Å². The van der Waals surface area contributed by atoms with Crippen molar-refractivity contribution >= 4 is 0 Å². The molecule has 1 aliphatic rings. The first-order valence-electron chi connectivity index (χ1n) is 7.26. The maximum Gasteiger partial charge on any atom is 0.174 e. The predicted octanol–water partition coefficient (Wildman–Crippen LogP) is 2.23.